The normalized spacial score (nSPS) is 15.7. The molecule has 2 amide bonds. The van der Waals surface area contributed by atoms with Crippen molar-refractivity contribution in [3.8, 4) is 28.8 Å². The molecule has 0 bridgehead atoms. The summed E-state index contributed by atoms with van der Waals surface area (Å²) in [7, 11) is 6.15. The quantitative estimate of drug-likeness (QED) is 0.180. The van der Waals surface area contributed by atoms with Crippen LogP contribution >= 0.6 is 0 Å². The van der Waals surface area contributed by atoms with Crippen molar-refractivity contribution in [2.45, 2.75) is 44.8 Å². The minimum Gasteiger partial charge on any atom is -0.350 e. The van der Waals surface area contributed by atoms with Crippen molar-refractivity contribution in [3.63, 3.8) is 0 Å². The Bertz CT molecular complexity index is 2120. The zero-order chi connectivity index (χ0) is 39.0. The van der Waals surface area contributed by atoms with Crippen LogP contribution in [0.4, 0.5) is 18.0 Å². The van der Waals surface area contributed by atoms with E-state index < -0.39 is 23.5 Å². The molecule has 2 aromatic heterocycles. The number of likely N-dealkylation sites (N-methyl/N-ethyl adjacent to an activating group) is 1. The summed E-state index contributed by atoms with van der Waals surface area (Å²) in [5.41, 5.74) is -0.181. The van der Waals surface area contributed by atoms with Crippen LogP contribution in [0.2, 0.25) is 0 Å². The third kappa shape index (κ3) is 9.53. The highest BCUT2D eigenvalue weighted by atomic mass is 19.4. The van der Waals surface area contributed by atoms with Crippen LogP contribution in [0.5, 0.6) is 0 Å². The van der Waals surface area contributed by atoms with Gasteiger partial charge in [-0.3, -0.25) is 9.36 Å². The van der Waals surface area contributed by atoms with Crippen LogP contribution < -0.4 is 16.3 Å². The van der Waals surface area contributed by atoms with Gasteiger partial charge in [0.15, 0.2) is 0 Å². The van der Waals surface area contributed by atoms with Crippen LogP contribution in [0.3, 0.4) is 0 Å². The van der Waals surface area contributed by atoms with Crippen LogP contribution in [0.1, 0.15) is 42.5 Å². The van der Waals surface area contributed by atoms with Crippen LogP contribution in [-0.4, -0.2) is 75.6 Å². The lowest BCUT2D eigenvalue weighted by Gasteiger charge is -2.29. The van der Waals surface area contributed by atoms with E-state index in [0.717, 1.165) is 32.3 Å². The summed E-state index contributed by atoms with van der Waals surface area (Å²) in [6.07, 6.45) is -1.03. The molecule has 282 valence electrons. The first kappa shape index (κ1) is 39.3. The Hall–Kier alpha value is -5.94. The van der Waals surface area contributed by atoms with Gasteiger partial charge in [-0.15, -0.1) is 0 Å². The Morgan fingerprint density at radius 3 is 2.11 bits per heavy atom. The van der Waals surface area contributed by atoms with Gasteiger partial charge in [0.25, 0.3) is 0 Å². The van der Waals surface area contributed by atoms with Gasteiger partial charge in [-0.05, 0) is 81.1 Å². The van der Waals surface area contributed by atoms with E-state index >= 15 is 0 Å². The number of hydrogen-bond acceptors (Lipinski definition) is 5. The number of carbonyl (C=O) groups excluding carboxylic acids is 2. The zero-order valence-electron chi connectivity index (χ0n) is 30.7. The number of aromatic nitrogens is 4. The second kappa shape index (κ2) is 16.8. The highest BCUT2D eigenvalue weighted by molar-refractivity contribution is 5.83. The summed E-state index contributed by atoms with van der Waals surface area (Å²) in [4.78, 5) is 40.8. The molecular weight excluding hydrogens is 697 g/mol. The van der Waals surface area contributed by atoms with Crippen molar-refractivity contribution < 1.29 is 27.2 Å². The number of amides is 2. The van der Waals surface area contributed by atoms with Gasteiger partial charge in [-0.2, -0.15) is 23.5 Å². The fraction of sp³-hybridized carbons (Fsp3) is 0.325. The van der Waals surface area contributed by atoms with E-state index in [4.69, 9.17) is 0 Å². The Morgan fingerprint density at radius 1 is 0.907 bits per heavy atom. The lowest BCUT2D eigenvalue weighted by molar-refractivity contribution is -0.869. The van der Waals surface area contributed by atoms with Crippen molar-refractivity contribution >= 4 is 11.9 Å². The third-order valence-electron chi connectivity index (χ3n) is 9.22. The molecule has 6 rings (SSSR count). The molecule has 1 aliphatic carbocycles. The maximum Gasteiger partial charge on any atom is 0.416 e. The van der Waals surface area contributed by atoms with Gasteiger partial charge in [0.05, 0.1) is 80.4 Å². The Balaban J connectivity index is 0.000000850. The van der Waals surface area contributed by atoms with Crippen molar-refractivity contribution in [2.75, 3.05) is 34.2 Å². The van der Waals surface area contributed by atoms with Crippen LogP contribution in [0.25, 0.3) is 22.8 Å². The van der Waals surface area contributed by atoms with Crippen molar-refractivity contribution in [1.82, 2.24) is 29.5 Å². The molecule has 1 aliphatic rings. The molecule has 0 spiro atoms. The molecule has 0 atom stereocenters. The summed E-state index contributed by atoms with van der Waals surface area (Å²) >= 11 is 0. The maximum absolute atomic E-state index is 14.1. The molecule has 54 heavy (non-hydrogen) atoms. The summed E-state index contributed by atoms with van der Waals surface area (Å²) in [6, 6.07) is 25.5. The van der Waals surface area contributed by atoms with Crippen LogP contribution in [-0.2, 0) is 11.0 Å². The Labute approximate surface area is 311 Å². The lowest BCUT2D eigenvalue weighted by Crippen LogP contribution is -2.46. The fourth-order valence-electron chi connectivity index (χ4n) is 6.37. The smallest absolute Gasteiger partial charge is 0.350 e. The number of nitrogens with one attached hydrogen (secondary N) is 2. The number of carbonyl (C=O) groups is 2. The summed E-state index contributed by atoms with van der Waals surface area (Å²) in [5, 5.41) is 19.5. The average molecular weight is 742 g/mol. The Morgan fingerprint density at radius 2 is 1.54 bits per heavy atom. The van der Waals surface area contributed by atoms with E-state index in [1.807, 2.05) is 57.5 Å². The molecule has 0 radical (unpaired) electrons. The zero-order valence-corrected chi connectivity index (χ0v) is 30.7. The Kier molecular flexibility index (Phi) is 12.2. The van der Waals surface area contributed by atoms with Gasteiger partial charge in [0.2, 0.25) is 5.91 Å². The van der Waals surface area contributed by atoms with Gasteiger partial charge in [-0.1, -0.05) is 42.5 Å². The van der Waals surface area contributed by atoms with E-state index in [-0.39, 0.29) is 34.9 Å². The molecular formula is C40H44F3N8O3+. The van der Waals surface area contributed by atoms with E-state index in [1.165, 1.54) is 23.0 Å². The fourth-order valence-corrected chi connectivity index (χ4v) is 6.37. The average Bonchev–Trinajstić information content (AvgIpc) is 3.73. The molecule has 0 aliphatic heterocycles. The first-order chi connectivity index (χ1) is 25.7. The summed E-state index contributed by atoms with van der Waals surface area (Å²) < 4.78 is 45.2. The predicted molar refractivity (Wildman–Crippen MR) is 199 cm³/mol. The highest BCUT2D eigenvalue weighted by Gasteiger charge is 2.33. The molecule has 2 N–H and O–H groups in total. The second-order valence-corrected chi connectivity index (χ2v) is 14.2. The van der Waals surface area contributed by atoms with Gasteiger partial charge >= 0.3 is 17.9 Å². The molecule has 2 heterocycles. The number of rotatable bonds is 8. The number of benzene rings is 3. The predicted octanol–water partition coefficient (Wildman–Crippen LogP) is 6.32. The van der Waals surface area contributed by atoms with Crippen LogP contribution in [0, 0.1) is 24.2 Å². The number of hydrogen-bond donors (Lipinski definition) is 2. The topological polar surface area (TPSA) is 127 Å². The van der Waals surface area contributed by atoms with Gasteiger partial charge in [-0.25, -0.2) is 18.8 Å². The molecule has 1 fully saturated rings. The standard InChI is InChI=1S/C34H37F3N8O3.C6H6/c1-22-30(29-16-17-40-44(29)27-14-8-23(21-38)9-15-27)43(33(48)42(22)28-7-5-6-25(20-28)34(35,36)37)32(47)41-26-12-10-24(11-13-26)31(46)39-18-19-45(2,3)4;1-2-4-6-5-3-1/h5-9,14-17,20,24,26H,10-13,18-19H2,1-4H3,(H-,39,41,46,47);1-6H/p+1. The first-order valence-corrected chi connectivity index (χ1v) is 17.6. The maximum atomic E-state index is 14.1. The minimum atomic E-state index is -4.65. The number of nitrogens with zero attached hydrogens (tertiary/aromatic N) is 6. The SMILES string of the molecule is Cc1c(-c2ccnn2-c2ccc(C#N)cc2)n(C(=O)NC2CCC(C(=O)NCC[N+](C)(C)C)CC2)c(=O)n1-c1cccc(C(F)(F)F)c1.c1ccccc1. The number of alkyl halides is 3. The molecule has 14 heteroatoms. The van der Waals surface area contributed by atoms with Crippen molar-refractivity contribution in [2.24, 2.45) is 5.92 Å². The van der Waals surface area contributed by atoms with Crippen molar-refractivity contribution in [3.05, 3.63) is 124 Å². The molecule has 0 unspecified atom stereocenters. The van der Waals surface area contributed by atoms with E-state index in [2.05, 4.69) is 21.8 Å². The molecule has 1 saturated carbocycles. The number of halogens is 3. The molecule has 3 aromatic carbocycles. The first-order valence-electron chi connectivity index (χ1n) is 17.6. The van der Waals surface area contributed by atoms with Crippen molar-refractivity contribution in [1.29, 1.82) is 5.26 Å². The van der Waals surface area contributed by atoms with E-state index in [0.29, 0.717) is 49.2 Å². The summed E-state index contributed by atoms with van der Waals surface area (Å²) in [6.45, 7) is 2.91. The number of quaternary nitrogens is 1. The van der Waals surface area contributed by atoms with Gasteiger partial charge < -0.3 is 15.1 Å². The molecule has 5 aromatic rings. The number of nitriles is 1. The highest BCUT2D eigenvalue weighted by Crippen LogP contribution is 2.32. The third-order valence-corrected chi connectivity index (χ3v) is 9.22. The van der Waals surface area contributed by atoms with E-state index in [1.54, 1.807) is 37.3 Å². The molecule has 11 nitrogen and oxygen atoms in total. The molecule has 0 saturated heterocycles. The number of imidazole rings is 1. The monoisotopic (exact) mass is 741 g/mol. The minimum absolute atomic E-state index is 0.0171. The van der Waals surface area contributed by atoms with Gasteiger partial charge in [0.1, 0.15) is 5.69 Å². The van der Waals surface area contributed by atoms with Gasteiger partial charge in [0, 0.05) is 12.0 Å². The second-order valence-electron chi connectivity index (χ2n) is 14.2. The van der Waals surface area contributed by atoms with E-state index in [9.17, 15) is 32.8 Å². The van der Waals surface area contributed by atoms with Crippen LogP contribution in [0.15, 0.2) is 102 Å². The lowest BCUT2D eigenvalue weighted by atomic mass is 9.85. The largest absolute Gasteiger partial charge is 0.416 e. The summed E-state index contributed by atoms with van der Waals surface area (Å²) in [5.74, 6) is -0.202.